The number of rotatable bonds is 8. The third-order valence-corrected chi connectivity index (χ3v) is 3.73. The largest absolute Gasteiger partial charge is 0.330 e. The van der Waals surface area contributed by atoms with Crippen molar-refractivity contribution >= 4 is 10.0 Å². The van der Waals surface area contributed by atoms with Gasteiger partial charge in [-0.05, 0) is 19.4 Å². The van der Waals surface area contributed by atoms with Gasteiger partial charge in [0, 0.05) is 13.1 Å². The van der Waals surface area contributed by atoms with Crippen molar-refractivity contribution in [3.8, 4) is 0 Å². The summed E-state index contributed by atoms with van der Waals surface area (Å²) in [4.78, 5) is 0. The standard InChI is InChI=1S/C9H20N2O2S/c1-3-7-11(8-4-2)14(12,13)9-5-6-10/h3H,1,4-10H2,2H3. The van der Waals surface area contributed by atoms with Crippen molar-refractivity contribution < 1.29 is 8.42 Å². The molecule has 5 heteroatoms. The van der Waals surface area contributed by atoms with Crippen molar-refractivity contribution in [3.05, 3.63) is 12.7 Å². The molecule has 0 aliphatic heterocycles. The molecular formula is C9H20N2O2S. The fourth-order valence-electron chi connectivity index (χ4n) is 1.13. The Labute approximate surface area is 86.8 Å². The van der Waals surface area contributed by atoms with Gasteiger partial charge < -0.3 is 5.73 Å². The molecule has 0 radical (unpaired) electrons. The highest BCUT2D eigenvalue weighted by Gasteiger charge is 2.18. The Hall–Kier alpha value is -0.390. The van der Waals surface area contributed by atoms with Gasteiger partial charge in [0.1, 0.15) is 0 Å². The first-order valence-electron chi connectivity index (χ1n) is 4.87. The zero-order valence-electron chi connectivity index (χ0n) is 8.78. The summed E-state index contributed by atoms with van der Waals surface area (Å²) in [6.07, 6.45) is 2.94. The molecule has 0 unspecified atom stereocenters. The SMILES string of the molecule is C=CCN(CCC)S(=O)(=O)CCCN. The molecule has 0 aromatic heterocycles. The predicted molar refractivity (Wildman–Crippen MR) is 59.5 cm³/mol. The quantitative estimate of drug-likeness (QED) is 0.608. The third kappa shape index (κ3) is 4.74. The van der Waals surface area contributed by atoms with Crippen molar-refractivity contribution in [2.45, 2.75) is 19.8 Å². The highest BCUT2D eigenvalue weighted by molar-refractivity contribution is 7.89. The maximum atomic E-state index is 11.7. The van der Waals surface area contributed by atoms with E-state index in [1.165, 1.54) is 4.31 Å². The molecule has 0 saturated heterocycles. The fraction of sp³-hybridized carbons (Fsp3) is 0.778. The maximum absolute atomic E-state index is 11.7. The van der Waals surface area contributed by atoms with E-state index in [-0.39, 0.29) is 5.75 Å². The van der Waals surface area contributed by atoms with E-state index in [1.54, 1.807) is 6.08 Å². The van der Waals surface area contributed by atoms with Crippen LogP contribution < -0.4 is 5.73 Å². The number of nitrogens with zero attached hydrogens (tertiary/aromatic N) is 1. The number of sulfonamides is 1. The van der Waals surface area contributed by atoms with Crippen LogP contribution in [0.5, 0.6) is 0 Å². The molecule has 2 N–H and O–H groups in total. The molecule has 0 fully saturated rings. The van der Waals surface area contributed by atoms with E-state index in [0.29, 0.717) is 26.1 Å². The van der Waals surface area contributed by atoms with Crippen LogP contribution in [0.2, 0.25) is 0 Å². The number of hydrogen-bond donors (Lipinski definition) is 1. The van der Waals surface area contributed by atoms with Crippen LogP contribution in [0.15, 0.2) is 12.7 Å². The topological polar surface area (TPSA) is 63.4 Å². The van der Waals surface area contributed by atoms with Crippen molar-refractivity contribution in [2.24, 2.45) is 5.73 Å². The second-order valence-electron chi connectivity index (χ2n) is 3.10. The lowest BCUT2D eigenvalue weighted by atomic mass is 10.5. The summed E-state index contributed by atoms with van der Waals surface area (Å²) in [7, 11) is -3.13. The average Bonchev–Trinajstić information content (AvgIpc) is 2.14. The van der Waals surface area contributed by atoms with Crippen molar-refractivity contribution in [1.82, 2.24) is 4.31 Å². The van der Waals surface area contributed by atoms with Gasteiger partial charge >= 0.3 is 0 Å². The second kappa shape index (κ2) is 6.98. The van der Waals surface area contributed by atoms with E-state index in [1.807, 2.05) is 6.92 Å². The van der Waals surface area contributed by atoms with Crippen LogP contribution in [0.1, 0.15) is 19.8 Å². The van der Waals surface area contributed by atoms with Gasteiger partial charge in [-0.25, -0.2) is 8.42 Å². The number of nitrogens with two attached hydrogens (primary N) is 1. The number of hydrogen-bond acceptors (Lipinski definition) is 3. The van der Waals surface area contributed by atoms with Crippen LogP contribution in [0.3, 0.4) is 0 Å². The molecule has 4 nitrogen and oxygen atoms in total. The van der Waals surface area contributed by atoms with Crippen LogP contribution in [0.25, 0.3) is 0 Å². The molecule has 0 amide bonds. The van der Waals surface area contributed by atoms with Gasteiger partial charge in [-0.2, -0.15) is 4.31 Å². The molecule has 0 heterocycles. The van der Waals surface area contributed by atoms with Crippen LogP contribution in [0, 0.1) is 0 Å². The zero-order chi connectivity index (χ0) is 11.0. The zero-order valence-corrected chi connectivity index (χ0v) is 9.59. The minimum Gasteiger partial charge on any atom is -0.330 e. The Morgan fingerprint density at radius 3 is 2.57 bits per heavy atom. The average molecular weight is 220 g/mol. The van der Waals surface area contributed by atoms with Crippen LogP contribution in [-0.2, 0) is 10.0 Å². The van der Waals surface area contributed by atoms with Gasteiger partial charge in [-0.3, -0.25) is 0 Å². The molecule has 0 aliphatic carbocycles. The van der Waals surface area contributed by atoms with Crippen LogP contribution in [-0.4, -0.2) is 38.1 Å². The summed E-state index contributed by atoms with van der Waals surface area (Å²) in [5.41, 5.74) is 5.28. The first-order chi connectivity index (χ1) is 6.58. The van der Waals surface area contributed by atoms with Gasteiger partial charge in [0.15, 0.2) is 0 Å². The summed E-state index contributed by atoms with van der Waals surface area (Å²) in [5.74, 6) is 0.136. The first kappa shape index (κ1) is 13.6. The Kier molecular flexibility index (Phi) is 6.78. The summed E-state index contributed by atoms with van der Waals surface area (Å²) in [5, 5.41) is 0. The third-order valence-electron chi connectivity index (χ3n) is 1.81. The minimum absolute atomic E-state index is 0.136. The molecule has 0 bridgehead atoms. The van der Waals surface area contributed by atoms with Gasteiger partial charge in [0.25, 0.3) is 0 Å². The maximum Gasteiger partial charge on any atom is 0.214 e. The monoisotopic (exact) mass is 220 g/mol. The van der Waals surface area contributed by atoms with E-state index < -0.39 is 10.0 Å². The van der Waals surface area contributed by atoms with E-state index in [9.17, 15) is 8.42 Å². The van der Waals surface area contributed by atoms with E-state index in [4.69, 9.17) is 5.73 Å². The molecule has 0 spiro atoms. The predicted octanol–water partition coefficient (Wildman–Crippen LogP) is 0.563. The van der Waals surface area contributed by atoms with E-state index in [0.717, 1.165) is 6.42 Å². The highest BCUT2D eigenvalue weighted by Crippen LogP contribution is 2.04. The highest BCUT2D eigenvalue weighted by atomic mass is 32.2. The normalized spacial score (nSPS) is 11.9. The summed E-state index contributed by atoms with van der Waals surface area (Å²) < 4.78 is 24.8. The van der Waals surface area contributed by atoms with Crippen molar-refractivity contribution in [1.29, 1.82) is 0 Å². The molecule has 84 valence electrons. The van der Waals surface area contributed by atoms with Crippen molar-refractivity contribution in [2.75, 3.05) is 25.4 Å². The molecule has 0 aliphatic rings. The Morgan fingerprint density at radius 1 is 1.50 bits per heavy atom. The molecule has 0 rings (SSSR count). The van der Waals surface area contributed by atoms with E-state index in [2.05, 4.69) is 6.58 Å². The molecule has 0 saturated carbocycles. The van der Waals surface area contributed by atoms with Crippen LogP contribution >= 0.6 is 0 Å². The second-order valence-corrected chi connectivity index (χ2v) is 5.19. The Balaban J connectivity index is 4.37. The Bertz CT molecular complexity index is 250. The Morgan fingerprint density at radius 2 is 2.14 bits per heavy atom. The lowest BCUT2D eigenvalue weighted by molar-refractivity contribution is 0.440. The lowest BCUT2D eigenvalue weighted by Crippen LogP contribution is -2.34. The first-order valence-corrected chi connectivity index (χ1v) is 6.48. The summed E-state index contributed by atoms with van der Waals surface area (Å²) in [6.45, 7) is 6.85. The smallest absolute Gasteiger partial charge is 0.214 e. The molecule has 14 heavy (non-hydrogen) atoms. The van der Waals surface area contributed by atoms with Crippen molar-refractivity contribution in [3.63, 3.8) is 0 Å². The molecular weight excluding hydrogens is 200 g/mol. The van der Waals surface area contributed by atoms with E-state index >= 15 is 0 Å². The van der Waals surface area contributed by atoms with Gasteiger partial charge in [0.2, 0.25) is 10.0 Å². The van der Waals surface area contributed by atoms with Gasteiger partial charge in [0.05, 0.1) is 5.75 Å². The van der Waals surface area contributed by atoms with Crippen LogP contribution in [0.4, 0.5) is 0 Å². The fourth-order valence-corrected chi connectivity index (χ4v) is 2.72. The van der Waals surface area contributed by atoms with Gasteiger partial charge in [-0.1, -0.05) is 13.0 Å². The molecule has 0 aromatic rings. The molecule has 0 atom stereocenters. The van der Waals surface area contributed by atoms with Gasteiger partial charge in [-0.15, -0.1) is 6.58 Å². The minimum atomic E-state index is -3.13. The lowest BCUT2D eigenvalue weighted by Gasteiger charge is -2.19. The summed E-state index contributed by atoms with van der Waals surface area (Å²) in [6, 6.07) is 0. The molecule has 0 aromatic carbocycles. The summed E-state index contributed by atoms with van der Waals surface area (Å²) >= 11 is 0.